The van der Waals surface area contributed by atoms with Crippen LogP contribution in [0, 0.1) is 13.8 Å². The third-order valence-electron chi connectivity index (χ3n) is 6.21. The van der Waals surface area contributed by atoms with E-state index in [2.05, 4.69) is 10.6 Å². The van der Waals surface area contributed by atoms with Crippen molar-refractivity contribution in [3.63, 3.8) is 0 Å². The highest BCUT2D eigenvalue weighted by Crippen LogP contribution is 2.37. The zero-order valence-corrected chi connectivity index (χ0v) is 18.8. The van der Waals surface area contributed by atoms with Gasteiger partial charge in [0.05, 0.1) is 0 Å². The largest absolute Gasteiger partial charge is 0.454 e. The van der Waals surface area contributed by atoms with Gasteiger partial charge in [0.1, 0.15) is 6.54 Å². The molecule has 5 rings (SSSR count). The minimum absolute atomic E-state index is 0.120. The van der Waals surface area contributed by atoms with Gasteiger partial charge in [0.15, 0.2) is 17.0 Å². The summed E-state index contributed by atoms with van der Waals surface area (Å²) < 4.78 is 10.6. The van der Waals surface area contributed by atoms with E-state index in [0.29, 0.717) is 28.3 Å². The summed E-state index contributed by atoms with van der Waals surface area (Å²) in [7, 11) is 0. The lowest BCUT2D eigenvalue weighted by Crippen LogP contribution is -2.45. The molecule has 1 saturated heterocycles. The Bertz CT molecular complexity index is 1310. The van der Waals surface area contributed by atoms with Gasteiger partial charge in [-0.05, 0) is 48.2 Å². The molecule has 0 aliphatic carbocycles. The molecular formula is C26H23N3O5. The number of benzene rings is 3. The molecular weight excluding hydrogens is 434 g/mol. The zero-order chi connectivity index (χ0) is 23.9. The van der Waals surface area contributed by atoms with Gasteiger partial charge < -0.3 is 20.1 Å². The fourth-order valence-electron chi connectivity index (χ4n) is 4.26. The van der Waals surface area contributed by atoms with Crippen LogP contribution in [-0.2, 0) is 15.1 Å². The predicted molar refractivity (Wildman–Crippen MR) is 125 cm³/mol. The molecule has 1 fully saturated rings. The summed E-state index contributed by atoms with van der Waals surface area (Å²) >= 11 is 0. The number of imide groups is 1. The molecule has 0 bridgehead atoms. The maximum absolute atomic E-state index is 13.8. The van der Waals surface area contributed by atoms with Gasteiger partial charge >= 0.3 is 6.03 Å². The summed E-state index contributed by atoms with van der Waals surface area (Å²) in [6.07, 6.45) is 0. The second kappa shape index (κ2) is 8.22. The van der Waals surface area contributed by atoms with Gasteiger partial charge in [-0.3, -0.25) is 14.5 Å². The standard InChI is InChI=1S/C26H23N3O5/c1-16-8-9-19(12-17(16)2)26(18-6-4-3-5-7-18)24(31)29(25(32)28-26)14-23(30)27-20-10-11-21-22(13-20)34-15-33-21/h3-13H,14-15H2,1-2H3,(H,27,30)(H,28,32)/t26-/m1/s1. The molecule has 2 heterocycles. The molecule has 3 aromatic carbocycles. The fraction of sp³-hybridized carbons (Fsp3) is 0.192. The average molecular weight is 457 g/mol. The highest BCUT2D eigenvalue weighted by atomic mass is 16.7. The first kappa shape index (κ1) is 21.5. The molecule has 1 atom stereocenters. The van der Waals surface area contributed by atoms with E-state index in [-0.39, 0.29) is 6.79 Å². The van der Waals surface area contributed by atoms with Crippen LogP contribution in [0.4, 0.5) is 10.5 Å². The van der Waals surface area contributed by atoms with Crippen LogP contribution in [0.1, 0.15) is 22.3 Å². The molecule has 8 heteroatoms. The summed E-state index contributed by atoms with van der Waals surface area (Å²) in [4.78, 5) is 40.6. The van der Waals surface area contributed by atoms with Crippen molar-refractivity contribution in [3.8, 4) is 11.5 Å². The number of carbonyl (C=O) groups excluding carboxylic acids is 3. The second-order valence-corrected chi connectivity index (χ2v) is 8.35. The van der Waals surface area contributed by atoms with Crippen molar-refractivity contribution in [1.82, 2.24) is 10.2 Å². The van der Waals surface area contributed by atoms with Crippen LogP contribution in [0.5, 0.6) is 11.5 Å². The first-order valence-electron chi connectivity index (χ1n) is 10.9. The summed E-state index contributed by atoms with van der Waals surface area (Å²) in [5, 5.41) is 5.59. The van der Waals surface area contributed by atoms with Gasteiger partial charge in [0.2, 0.25) is 12.7 Å². The zero-order valence-electron chi connectivity index (χ0n) is 18.8. The van der Waals surface area contributed by atoms with Gasteiger partial charge in [-0.15, -0.1) is 0 Å². The van der Waals surface area contributed by atoms with E-state index in [0.717, 1.165) is 16.0 Å². The van der Waals surface area contributed by atoms with E-state index in [1.165, 1.54) is 0 Å². The number of ether oxygens (including phenoxy) is 2. The first-order valence-corrected chi connectivity index (χ1v) is 10.9. The van der Waals surface area contributed by atoms with E-state index in [4.69, 9.17) is 9.47 Å². The van der Waals surface area contributed by atoms with E-state index in [1.54, 1.807) is 30.3 Å². The molecule has 2 N–H and O–H groups in total. The number of hydrogen-bond donors (Lipinski definition) is 2. The predicted octanol–water partition coefficient (Wildman–Crippen LogP) is 3.47. The number of amides is 4. The lowest BCUT2D eigenvalue weighted by Gasteiger charge is -2.28. The Hall–Kier alpha value is -4.33. The topological polar surface area (TPSA) is 97.0 Å². The third-order valence-corrected chi connectivity index (χ3v) is 6.21. The Morgan fingerprint density at radius 3 is 2.47 bits per heavy atom. The monoisotopic (exact) mass is 457 g/mol. The summed E-state index contributed by atoms with van der Waals surface area (Å²) in [5.74, 6) is 0.0952. The van der Waals surface area contributed by atoms with Crippen molar-refractivity contribution in [3.05, 3.63) is 89.0 Å². The highest BCUT2D eigenvalue weighted by molar-refractivity contribution is 6.12. The lowest BCUT2D eigenvalue weighted by molar-refractivity contribution is -0.133. The number of aryl methyl sites for hydroxylation is 2. The molecule has 4 amide bonds. The Morgan fingerprint density at radius 1 is 0.941 bits per heavy atom. The minimum atomic E-state index is -1.42. The maximum Gasteiger partial charge on any atom is 0.326 e. The smallest absolute Gasteiger partial charge is 0.326 e. The number of fused-ring (bicyclic) bond motifs is 1. The molecule has 2 aliphatic rings. The van der Waals surface area contributed by atoms with Gasteiger partial charge in [-0.25, -0.2) is 4.79 Å². The average Bonchev–Trinajstić information content (AvgIpc) is 3.39. The molecule has 0 aromatic heterocycles. The van der Waals surface area contributed by atoms with Crippen LogP contribution >= 0.6 is 0 Å². The Morgan fingerprint density at radius 2 is 1.71 bits per heavy atom. The summed E-state index contributed by atoms with van der Waals surface area (Å²) in [5.41, 5.74) is 2.38. The number of nitrogens with one attached hydrogen (secondary N) is 2. The Kier molecular flexibility index (Phi) is 5.20. The number of hydrogen-bond acceptors (Lipinski definition) is 5. The normalized spacial score (nSPS) is 18.7. The number of carbonyl (C=O) groups is 3. The van der Waals surface area contributed by atoms with Crippen LogP contribution < -0.4 is 20.1 Å². The summed E-state index contributed by atoms with van der Waals surface area (Å²) in [6.45, 7) is 3.62. The van der Waals surface area contributed by atoms with Crippen molar-refractivity contribution in [2.24, 2.45) is 0 Å². The fourth-order valence-corrected chi connectivity index (χ4v) is 4.26. The van der Waals surface area contributed by atoms with E-state index < -0.39 is 29.9 Å². The molecule has 172 valence electrons. The Labute approximate surface area is 196 Å². The number of nitrogens with zero attached hydrogens (tertiary/aromatic N) is 1. The Balaban J connectivity index is 1.44. The molecule has 3 aromatic rings. The van der Waals surface area contributed by atoms with E-state index in [1.807, 2.05) is 50.2 Å². The van der Waals surface area contributed by atoms with Gasteiger partial charge in [0, 0.05) is 11.8 Å². The maximum atomic E-state index is 13.8. The van der Waals surface area contributed by atoms with Crippen LogP contribution in [0.3, 0.4) is 0 Å². The van der Waals surface area contributed by atoms with Gasteiger partial charge in [-0.1, -0.05) is 48.5 Å². The van der Waals surface area contributed by atoms with Crippen LogP contribution in [0.15, 0.2) is 66.7 Å². The van der Waals surface area contributed by atoms with Gasteiger partial charge in [0.25, 0.3) is 5.91 Å². The molecule has 0 radical (unpaired) electrons. The van der Waals surface area contributed by atoms with Crippen LogP contribution in [0.2, 0.25) is 0 Å². The number of urea groups is 1. The third kappa shape index (κ3) is 3.53. The molecule has 34 heavy (non-hydrogen) atoms. The van der Waals surface area contributed by atoms with Crippen molar-refractivity contribution >= 4 is 23.5 Å². The lowest BCUT2D eigenvalue weighted by atomic mass is 9.81. The molecule has 8 nitrogen and oxygen atoms in total. The van der Waals surface area contributed by atoms with Gasteiger partial charge in [-0.2, -0.15) is 0 Å². The highest BCUT2D eigenvalue weighted by Gasteiger charge is 2.54. The summed E-state index contributed by atoms with van der Waals surface area (Å²) in [6, 6.07) is 19.1. The van der Waals surface area contributed by atoms with E-state index >= 15 is 0 Å². The minimum Gasteiger partial charge on any atom is -0.454 e. The first-order chi connectivity index (χ1) is 16.4. The number of anilines is 1. The van der Waals surface area contributed by atoms with Crippen molar-refractivity contribution in [1.29, 1.82) is 0 Å². The molecule has 0 spiro atoms. The molecule has 2 aliphatic heterocycles. The quantitative estimate of drug-likeness (QED) is 0.572. The van der Waals surface area contributed by atoms with Crippen LogP contribution in [-0.4, -0.2) is 36.1 Å². The van der Waals surface area contributed by atoms with E-state index in [9.17, 15) is 14.4 Å². The second-order valence-electron chi connectivity index (χ2n) is 8.35. The molecule has 0 unspecified atom stereocenters. The van der Waals surface area contributed by atoms with Crippen molar-refractivity contribution in [2.45, 2.75) is 19.4 Å². The molecule has 0 saturated carbocycles. The van der Waals surface area contributed by atoms with Crippen molar-refractivity contribution in [2.75, 3.05) is 18.7 Å². The van der Waals surface area contributed by atoms with Crippen LogP contribution in [0.25, 0.3) is 0 Å². The number of rotatable bonds is 5. The van der Waals surface area contributed by atoms with Crippen molar-refractivity contribution < 1.29 is 23.9 Å². The SMILES string of the molecule is Cc1ccc([C@@]2(c3ccccc3)NC(=O)N(CC(=O)Nc3ccc4c(c3)OCO4)C2=O)cc1C.